The Hall–Kier alpha value is -1.65. The van der Waals surface area contributed by atoms with Gasteiger partial charge in [0, 0.05) is 0 Å². The maximum absolute atomic E-state index is 11.7. The first-order chi connectivity index (χ1) is 8.70. The van der Waals surface area contributed by atoms with E-state index < -0.39 is 18.0 Å². The molecule has 0 bridgehead atoms. The van der Waals surface area contributed by atoms with Crippen LogP contribution in [-0.4, -0.2) is 29.4 Å². The molecule has 0 aliphatic heterocycles. The number of ether oxygens (including phenoxy) is 1. The zero-order valence-corrected chi connectivity index (χ0v) is 10.3. The third-order valence-electron chi connectivity index (χ3n) is 2.49. The lowest BCUT2D eigenvalue weighted by molar-refractivity contribution is -0.149. The molecule has 0 saturated carbocycles. The first-order valence-corrected chi connectivity index (χ1v) is 5.87. The van der Waals surface area contributed by atoms with Gasteiger partial charge in [-0.1, -0.05) is 42.5 Å². The second kappa shape index (κ2) is 7.63. The molecule has 1 aromatic rings. The van der Waals surface area contributed by atoms with E-state index in [1.807, 2.05) is 6.07 Å². The minimum Gasteiger partial charge on any atom is -0.465 e. The molecule has 0 amide bonds. The molecule has 0 heterocycles. The number of esters is 1. The van der Waals surface area contributed by atoms with Crippen LogP contribution in [0.15, 0.2) is 42.5 Å². The molecule has 0 aliphatic rings. The van der Waals surface area contributed by atoms with E-state index in [0.29, 0.717) is 5.56 Å². The van der Waals surface area contributed by atoms with Crippen LogP contribution >= 0.6 is 0 Å². The number of aliphatic hydroxyl groups is 2. The fourth-order valence-corrected chi connectivity index (χ4v) is 1.62. The molecule has 0 aromatic heterocycles. The van der Waals surface area contributed by atoms with Gasteiger partial charge in [0.2, 0.25) is 0 Å². The summed E-state index contributed by atoms with van der Waals surface area (Å²) < 4.78 is 4.91. The Labute approximate surface area is 107 Å². The second-order valence-electron chi connectivity index (χ2n) is 3.74. The second-order valence-corrected chi connectivity index (χ2v) is 3.74. The average Bonchev–Trinajstić information content (AvgIpc) is 2.40. The number of carbonyl (C=O) groups excluding carboxylic acids is 1. The van der Waals surface area contributed by atoms with E-state index in [4.69, 9.17) is 9.84 Å². The van der Waals surface area contributed by atoms with Crippen LogP contribution in [0.2, 0.25) is 0 Å². The van der Waals surface area contributed by atoms with Gasteiger partial charge in [-0.25, -0.2) is 0 Å². The molecular formula is C14H18O4. The number of hydrogen-bond donors (Lipinski definition) is 2. The predicted octanol–water partition coefficient (Wildman–Crippen LogP) is 1.45. The van der Waals surface area contributed by atoms with Crippen molar-refractivity contribution in [3.05, 3.63) is 48.0 Å². The lowest BCUT2D eigenvalue weighted by Crippen LogP contribution is -2.23. The summed E-state index contributed by atoms with van der Waals surface area (Å²) in [6.45, 7) is 1.78. The van der Waals surface area contributed by atoms with Crippen molar-refractivity contribution in [1.82, 2.24) is 0 Å². The smallest absolute Gasteiger partial charge is 0.315 e. The Morgan fingerprint density at radius 1 is 1.39 bits per heavy atom. The van der Waals surface area contributed by atoms with Gasteiger partial charge in [0.15, 0.2) is 0 Å². The third kappa shape index (κ3) is 3.98. The molecule has 1 aromatic carbocycles. The molecule has 0 fully saturated rings. The molecule has 0 unspecified atom stereocenters. The van der Waals surface area contributed by atoms with Crippen molar-refractivity contribution >= 4 is 5.97 Å². The summed E-state index contributed by atoms with van der Waals surface area (Å²) >= 11 is 0. The summed E-state index contributed by atoms with van der Waals surface area (Å²) in [5.74, 6) is -1.31. The van der Waals surface area contributed by atoms with E-state index >= 15 is 0 Å². The van der Waals surface area contributed by atoms with Gasteiger partial charge in [-0.3, -0.25) is 4.79 Å². The number of benzene rings is 1. The molecule has 2 atom stereocenters. The maximum atomic E-state index is 11.7. The highest BCUT2D eigenvalue weighted by Crippen LogP contribution is 2.24. The number of carbonyl (C=O) groups is 1. The normalized spacial score (nSPS) is 14.4. The zero-order valence-electron chi connectivity index (χ0n) is 10.3. The molecule has 4 nitrogen and oxygen atoms in total. The van der Waals surface area contributed by atoms with E-state index in [1.54, 1.807) is 31.2 Å². The van der Waals surface area contributed by atoms with Crippen LogP contribution in [-0.2, 0) is 9.53 Å². The van der Waals surface area contributed by atoms with E-state index in [9.17, 15) is 9.90 Å². The van der Waals surface area contributed by atoms with Crippen LogP contribution < -0.4 is 0 Å². The fourth-order valence-electron chi connectivity index (χ4n) is 1.62. The number of aliphatic hydroxyl groups excluding tert-OH is 2. The monoisotopic (exact) mass is 250 g/mol. The summed E-state index contributed by atoms with van der Waals surface area (Å²) in [6.07, 6.45) is 1.91. The molecule has 1 rings (SSSR count). The van der Waals surface area contributed by atoms with E-state index in [-0.39, 0.29) is 13.2 Å². The van der Waals surface area contributed by atoms with Crippen LogP contribution in [0.1, 0.15) is 18.6 Å². The van der Waals surface area contributed by atoms with Crippen LogP contribution in [0, 0.1) is 5.92 Å². The average molecular weight is 250 g/mol. The summed E-state index contributed by atoms with van der Waals surface area (Å²) in [6, 6.07) is 8.89. The summed E-state index contributed by atoms with van der Waals surface area (Å²) in [7, 11) is 0. The number of hydrogen-bond acceptors (Lipinski definition) is 4. The third-order valence-corrected chi connectivity index (χ3v) is 2.49. The van der Waals surface area contributed by atoms with Gasteiger partial charge in [0.1, 0.15) is 5.92 Å². The molecule has 4 heteroatoms. The van der Waals surface area contributed by atoms with E-state index in [0.717, 1.165) is 0 Å². The van der Waals surface area contributed by atoms with Gasteiger partial charge in [0.05, 0.1) is 19.3 Å². The first kappa shape index (κ1) is 14.4. The lowest BCUT2D eigenvalue weighted by atomic mass is 9.95. The Balaban J connectivity index is 2.88. The zero-order chi connectivity index (χ0) is 13.4. The van der Waals surface area contributed by atoms with Gasteiger partial charge in [0.25, 0.3) is 0 Å². The molecular weight excluding hydrogens is 232 g/mol. The van der Waals surface area contributed by atoms with Crippen molar-refractivity contribution in [2.45, 2.75) is 13.0 Å². The van der Waals surface area contributed by atoms with Crippen LogP contribution in [0.25, 0.3) is 0 Å². The molecule has 98 valence electrons. The largest absolute Gasteiger partial charge is 0.465 e. The Kier molecular flexibility index (Phi) is 6.11. The van der Waals surface area contributed by atoms with Crippen molar-refractivity contribution in [2.24, 2.45) is 5.92 Å². The maximum Gasteiger partial charge on any atom is 0.315 e. The highest BCUT2D eigenvalue weighted by Gasteiger charge is 2.26. The minimum absolute atomic E-state index is 0.183. The SMILES string of the molecule is CCOC(=O)[C@@H](/C=C/CO)[C@H](O)c1ccccc1. The van der Waals surface area contributed by atoms with Crippen molar-refractivity contribution < 1.29 is 19.7 Å². The van der Waals surface area contributed by atoms with Crippen LogP contribution in [0.4, 0.5) is 0 Å². The topological polar surface area (TPSA) is 66.8 Å². The first-order valence-electron chi connectivity index (χ1n) is 5.87. The van der Waals surface area contributed by atoms with Crippen molar-refractivity contribution in [3.8, 4) is 0 Å². The molecule has 0 aliphatic carbocycles. The van der Waals surface area contributed by atoms with Gasteiger partial charge in [-0.2, -0.15) is 0 Å². The van der Waals surface area contributed by atoms with Crippen molar-refractivity contribution in [2.75, 3.05) is 13.2 Å². The van der Waals surface area contributed by atoms with Gasteiger partial charge in [-0.05, 0) is 12.5 Å². The summed E-state index contributed by atoms with van der Waals surface area (Å²) in [5.41, 5.74) is 0.637. The quantitative estimate of drug-likeness (QED) is 0.592. The van der Waals surface area contributed by atoms with Crippen LogP contribution in [0.3, 0.4) is 0 Å². The Morgan fingerprint density at radius 3 is 2.61 bits per heavy atom. The molecule has 0 saturated heterocycles. The predicted molar refractivity (Wildman–Crippen MR) is 67.8 cm³/mol. The summed E-state index contributed by atoms with van der Waals surface area (Å²) in [5, 5.41) is 18.9. The highest BCUT2D eigenvalue weighted by atomic mass is 16.5. The standard InChI is InChI=1S/C14H18O4/c1-2-18-14(17)12(9-6-10-15)13(16)11-7-4-3-5-8-11/h3-9,12-13,15-16H,2,10H2,1H3/b9-6+/t12-,13+/m0/s1. The Morgan fingerprint density at radius 2 is 2.06 bits per heavy atom. The van der Waals surface area contributed by atoms with Gasteiger partial charge < -0.3 is 14.9 Å². The van der Waals surface area contributed by atoms with Gasteiger partial charge in [-0.15, -0.1) is 0 Å². The Bertz CT molecular complexity index is 386. The molecule has 2 N–H and O–H groups in total. The molecule has 0 radical (unpaired) electrons. The highest BCUT2D eigenvalue weighted by molar-refractivity contribution is 5.75. The fraction of sp³-hybridized carbons (Fsp3) is 0.357. The van der Waals surface area contributed by atoms with Crippen molar-refractivity contribution in [3.63, 3.8) is 0 Å². The number of rotatable bonds is 6. The van der Waals surface area contributed by atoms with Gasteiger partial charge >= 0.3 is 5.97 Å². The van der Waals surface area contributed by atoms with Crippen molar-refractivity contribution in [1.29, 1.82) is 0 Å². The molecule has 18 heavy (non-hydrogen) atoms. The van der Waals surface area contributed by atoms with Crippen LogP contribution in [0.5, 0.6) is 0 Å². The minimum atomic E-state index is -0.979. The lowest BCUT2D eigenvalue weighted by Gasteiger charge is -2.18. The van der Waals surface area contributed by atoms with E-state index in [2.05, 4.69) is 0 Å². The van der Waals surface area contributed by atoms with E-state index in [1.165, 1.54) is 12.2 Å². The summed E-state index contributed by atoms with van der Waals surface area (Å²) in [4.78, 5) is 11.7. The molecule has 0 spiro atoms.